The SMILES string of the molecule is CCC1(c2ccc(CC(N)(c3cccc(NCC(=O)O)n3)S(=O)(=O)c3ccc(F)cc3)cc2)CC1. The van der Waals surface area contributed by atoms with E-state index in [1.54, 1.807) is 6.07 Å². The number of pyridine rings is 1. The molecule has 1 aliphatic rings. The number of halogens is 1. The van der Waals surface area contributed by atoms with Gasteiger partial charge in [-0.3, -0.25) is 4.79 Å². The molecule has 1 aromatic heterocycles. The Labute approximate surface area is 204 Å². The molecule has 184 valence electrons. The minimum absolute atomic E-state index is 0.0495. The van der Waals surface area contributed by atoms with E-state index in [1.165, 1.54) is 29.8 Å². The van der Waals surface area contributed by atoms with Gasteiger partial charge >= 0.3 is 5.97 Å². The molecule has 1 atom stereocenters. The fourth-order valence-electron chi connectivity index (χ4n) is 4.36. The van der Waals surface area contributed by atoms with Gasteiger partial charge < -0.3 is 16.2 Å². The Balaban J connectivity index is 1.76. The molecule has 0 spiro atoms. The van der Waals surface area contributed by atoms with Crippen molar-refractivity contribution in [2.75, 3.05) is 11.9 Å². The van der Waals surface area contributed by atoms with Gasteiger partial charge in [0.05, 0.1) is 10.6 Å². The van der Waals surface area contributed by atoms with E-state index < -0.39 is 26.5 Å². The van der Waals surface area contributed by atoms with E-state index in [1.807, 2.05) is 24.3 Å². The normalized spacial score (nSPS) is 16.3. The van der Waals surface area contributed by atoms with E-state index in [2.05, 4.69) is 17.2 Å². The minimum atomic E-state index is -4.24. The Morgan fingerprint density at radius 3 is 2.34 bits per heavy atom. The van der Waals surface area contributed by atoms with E-state index in [-0.39, 0.29) is 34.8 Å². The van der Waals surface area contributed by atoms with Crippen LogP contribution in [0.15, 0.2) is 71.6 Å². The van der Waals surface area contributed by atoms with Gasteiger partial charge in [0.25, 0.3) is 0 Å². The maximum Gasteiger partial charge on any atom is 0.322 e. The lowest BCUT2D eigenvalue weighted by Crippen LogP contribution is -2.47. The predicted molar refractivity (Wildman–Crippen MR) is 131 cm³/mol. The third-order valence-corrected chi connectivity index (χ3v) is 8.98. The standard InChI is InChI=1S/C26H28FN3O4S/c1-2-25(14-15-25)19-8-6-18(7-9-19)16-26(28,35(33,34)21-12-10-20(27)11-13-21)22-4-3-5-23(30-22)29-17-24(31)32/h3-13H,2,14-17,28H2,1H3,(H,29,30)(H,31,32). The number of hydrogen-bond acceptors (Lipinski definition) is 6. The van der Waals surface area contributed by atoms with Crippen LogP contribution in [0, 0.1) is 5.82 Å². The van der Waals surface area contributed by atoms with Crippen LogP contribution < -0.4 is 11.1 Å². The molecular weight excluding hydrogens is 469 g/mol. The lowest BCUT2D eigenvalue weighted by atomic mass is 9.91. The van der Waals surface area contributed by atoms with Gasteiger partial charge in [-0.1, -0.05) is 37.3 Å². The Kier molecular flexibility index (Phi) is 6.66. The van der Waals surface area contributed by atoms with Crippen molar-refractivity contribution in [2.45, 2.75) is 47.8 Å². The first-order valence-electron chi connectivity index (χ1n) is 11.4. The number of aromatic nitrogens is 1. The average Bonchev–Trinajstić information content (AvgIpc) is 3.65. The summed E-state index contributed by atoms with van der Waals surface area (Å²) in [6.07, 6.45) is 3.25. The van der Waals surface area contributed by atoms with Gasteiger partial charge in [-0.05, 0) is 72.2 Å². The van der Waals surface area contributed by atoms with E-state index in [0.29, 0.717) is 5.56 Å². The highest BCUT2D eigenvalue weighted by molar-refractivity contribution is 7.92. The molecule has 4 N–H and O–H groups in total. The molecule has 0 bridgehead atoms. The van der Waals surface area contributed by atoms with Crippen molar-refractivity contribution in [1.29, 1.82) is 0 Å². The van der Waals surface area contributed by atoms with Crippen LogP contribution >= 0.6 is 0 Å². The Hall–Kier alpha value is -3.30. The van der Waals surface area contributed by atoms with Crippen molar-refractivity contribution in [1.82, 2.24) is 4.98 Å². The number of nitrogens with zero attached hydrogens (tertiary/aromatic N) is 1. The van der Waals surface area contributed by atoms with E-state index in [0.717, 1.165) is 31.4 Å². The highest BCUT2D eigenvalue weighted by Gasteiger charge is 2.45. The summed E-state index contributed by atoms with van der Waals surface area (Å²) in [5, 5.41) is 11.6. The molecule has 3 aromatic rings. The van der Waals surface area contributed by atoms with Gasteiger partial charge in [0.15, 0.2) is 4.87 Å². The van der Waals surface area contributed by atoms with Crippen molar-refractivity contribution >= 4 is 21.6 Å². The number of aliphatic carboxylic acids is 1. The molecule has 1 fully saturated rings. The Morgan fingerprint density at radius 2 is 1.77 bits per heavy atom. The molecular formula is C26H28FN3O4S. The monoisotopic (exact) mass is 497 g/mol. The second-order valence-electron chi connectivity index (χ2n) is 9.01. The lowest BCUT2D eigenvalue weighted by molar-refractivity contribution is -0.134. The van der Waals surface area contributed by atoms with E-state index >= 15 is 0 Å². The largest absolute Gasteiger partial charge is 0.480 e. The fourth-order valence-corrected chi connectivity index (χ4v) is 6.02. The molecule has 0 radical (unpaired) electrons. The van der Waals surface area contributed by atoms with Crippen LogP contribution in [-0.4, -0.2) is 31.0 Å². The zero-order chi connectivity index (χ0) is 25.3. The Morgan fingerprint density at radius 1 is 1.11 bits per heavy atom. The number of hydrogen-bond donors (Lipinski definition) is 3. The molecule has 35 heavy (non-hydrogen) atoms. The summed E-state index contributed by atoms with van der Waals surface area (Å²) in [6, 6.07) is 16.9. The molecule has 4 rings (SSSR count). The van der Waals surface area contributed by atoms with Gasteiger partial charge in [-0.15, -0.1) is 0 Å². The number of sulfone groups is 1. The molecule has 1 aliphatic carbocycles. The first-order chi connectivity index (χ1) is 16.6. The van der Waals surface area contributed by atoms with Gasteiger partial charge in [-0.25, -0.2) is 17.8 Å². The molecule has 2 aromatic carbocycles. The van der Waals surface area contributed by atoms with Crippen LogP contribution in [0.4, 0.5) is 10.2 Å². The van der Waals surface area contributed by atoms with Crippen LogP contribution in [0.1, 0.15) is 43.0 Å². The second kappa shape index (κ2) is 9.39. The number of anilines is 1. The smallest absolute Gasteiger partial charge is 0.322 e. The highest BCUT2D eigenvalue weighted by atomic mass is 32.2. The lowest BCUT2D eigenvalue weighted by Gasteiger charge is -2.29. The van der Waals surface area contributed by atoms with E-state index in [9.17, 15) is 17.6 Å². The number of carbonyl (C=O) groups is 1. The number of nitrogens with two attached hydrogens (primary N) is 1. The molecule has 1 heterocycles. The minimum Gasteiger partial charge on any atom is -0.480 e. The van der Waals surface area contributed by atoms with Crippen LogP contribution in [-0.2, 0) is 31.3 Å². The average molecular weight is 498 g/mol. The number of benzene rings is 2. The summed E-state index contributed by atoms with van der Waals surface area (Å²) in [6.45, 7) is 1.78. The van der Waals surface area contributed by atoms with Crippen molar-refractivity contribution in [3.05, 3.63) is 89.4 Å². The zero-order valence-corrected chi connectivity index (χ0v) is 20.2. The number of carboxylic acid groups (broad SMARTS) is 1. The number of nitrogens with one attached hydrogen (secondary N) is 1. The number of carboxylic acids is 1. The molecule has 0 aliphatic heterocycles. The predicted octanol–water partition coefficient (Wildman–Crippen LogP) is 3.99. The van der Waals surface area contributed by atoms with Crippen LogP contribution in [0.2, 0.25) is 0 Å². The van der Waals surface area contributed by atoms with Gasteiger partial charge in [0.2, 0.25) is 9.84 Å². The van der Waals surface area contributed by atoms with Gasteiger partial charge in [0.1, 0.15) is 18.2 Å². The summed E-state index contributed by atoms with van der Waals surface area (Å²) in [5.74, 6) is -1.47. The van der Waals surface area contributed by atoms with Crippen molar-refractivity contribution in [3.8, 4) is 0 Å². The van der Waals surface area contributed by atoms with Crippen molar-refractivity contribution in [3.63, 3.8) is 0 Å². The highest BCUT2D eigenvalue weighted by Crippen LogP contribution is 2.50. The molecule has 0 saturated heterocycles. The van der Waals surface area contributed by atoms with Crippen LogP contribution in [0.25, 0.3) is 0 Å². The van der Waals surface area contributed by atoms with Gasteiger partial charge in [0, 0.05) is 6.42 Å². The molecule has 1 unspecified atom stereocenters. The quantitative estimate of drug-likeness (QED) is 0.362. The van der Waals surface area contributed by atoms with Crippen LogP contribution in [0.5, 0.6) is 0 Å². The maximum absolute atomic E-state index is 13.8. The van der Waals surface area contributed by atoms with Crippen molar-refractivity contribution < 1.29 is 22.7 Å². The first kappa shape index (κ1) is 24.8. The summed E-state index contributed by atoms with van der Waals surface area (Å²) in [4.78, 5) is 13.2. The zero-order valence-electron chi connectivity index (χ0n) is 19.4. The third-order valence-electron chi connectivity index (χ3n) is 6.77. The fraction of sp³-hybridized carbons (Fsp3) is 0.308. The third kappa shape index (κ3) is 4.92. The summed E-state index contributed by atoms with van der Waals surface area (Å²) in [7, 11) is -4.24. The Bertz CT molecular complexity index is 1320. The van der Waals surface area contributed by atoms with Gasteiger partial charge in [-0.2, -0.15) is 0 Å². The topological polar surface area (TPSA) is 122 Å². The summed E-state index contributed by atoms with van der Waals surface area (Å²) in [5.41, 5.74) is 8.90. The van der Waals surface area contributed by atoms with E-state index in [4.69, 9.17) is 10.8 Å². The summed E-state index contributed by atoms with van der Waals surface area (Å²) < 4.78 is 41.2. The molecule has 1 saturated carbocycles. The molecule has 0 amide bonds. The summed E-state index contributed by atoms with van der Waals surface area (Å²) >= 11 is 0. The second-order valence-corrected chi connectivity index (χ2v) is 11.2. The van der Waals surface area contributed by atoms with Crippen LogP contribution in [0.3, 0.4) is 0 Å². The molecule has 9 heteroatoms. The number of rotatable bonds is 10. The molecule has 7 nitrogen and oxygen atoms in total. The first-order valence-corrected chi connectivity index (χ1v) is 12.9. The van der Waals surface area contributed by atoms with Crippen molar-refractivity contribution in [2.24, 2.45) is 5.73 Å². The maximum atomic E-state index is 13.8.